The fourth-order valence-corrected chi connectivity index (χ4v) is 2.12. The molecule has 0 unspecified atom stereocenters. The third-order valence-corrected chi connectivity index (χ3v) is 3.49. The molecule has 1 aromatic carbocycles. The fraction of sp³-hybridized carbons (Fsp3) is 0.308. The summed E-state index contributed by atoms with van der Waals surface area (Å²) in [4.78, 5) is 0. The van der Waals surface area contributed by atoms with Crippen LogP contribution in [0.3, 0.4) is 0 Å². The molecule has 0 radical (unpaired) electrons. The van der Waals surface area contributed by atoms with Crippen molar-refractivity contribution in [2.45, 2.75) is 26.8 Å². The van der Waals surface area contributed by atoms with Gasteiger partial charge in [-0.3, -0.25) is 0 Å². The predicted molar refractivity (Wildman–Crippen MR) is 79.1 cm³/mol. The largest absolute Gasteiger partial charge is 0.394 e. The van der Waals surface area contributed by atoms with Crippen LogP contribution < -0.4 is 11.1 Å². The van der Waals surface area contributed by atoms with Crippen molar-refractivity contribution in [1.29, 1.82) is 0 Å². The summed E-state index contributed by atoms with van der Waals surface area (Å²) in [5.41, 5.74) is 7.01. The molecule has 20 heavy (non-hydrogen) atoms. The molecule has 4 nitrogen and oxygen atoms in total. The lowest BCUT2D eigenvalue weighted by molar-refractivity contribution is 0.535. The van der Waals surface area contributed by atoms with Crippen LogP contribution in [0.1, 0.15) is 25.6 Å². The predicted octanol–water partition coefficient (Wildman–Crippen LogP) is 4.14. The Bertz CT molecular complexity index is 652. The van der Waals surface area contributed by atoms with Crippen LogP contribution in [0.2, 0.25) is 0 Å². The first-order chi connectivity index (χ1) is 9.31. The maximum absolute atomic E-state index is 13.9. The number of nitrogens with zero attached hydrogens (tertiary/aromatic N) is 2. The number of aromatic nitrogens is 2. The number of nitrogens with one attached hydrogen (secondary N) is 1. The lowest BCUT2D eigenvalue weighted by Crippen LogP contribution is -2.09. The molecule has 108 valence electrons. The second-order valence-corrected chi connectivity index (χ2v) is 5.61. The minimum atomic E-state index is -0.577. The molecule has 2 aromatic rings. The van der Waals surface area contributed by atoms with Gasteiger partial charge >= 0.3 is 0 Å². The van der Waals surface area contributed by atoms with Gasteiger partial charge in [-0.1, -0.05) is 0 Å². The summed E-state index contributed by atoms with van der Waals surface area (Å²) >= 11 is 2.94. The van der Waals surface area contributed by atoms with Crippen molar-refractivity contribution in [1.82, 2.24) is 9.78 Å². The standard InChI is InChI=1S/C13H15BrF2N4/c1-6(2)20-13(12(17)7(3)19-20)18-11-5-9(15)8(14)4-10(11)16/h4-6,18H,17H2,1-3H3. The molecule has 0 aliphatic carbocycles. The van der Waals surface area contributed by atoms with Crippen molar-refractivity contribution < 1.29 is 8.78 Å². The second kappa shape index (κ2) is 5.40. The number of nitrogens with two attached hydrogens (primary N) is 1. The van der Waals surface area contributed by atoms with Crippen LogP contribution in [-0.4, -0.2) is 9.78 Å². The van der Waals surface area contributed by atoms with Crippen LogP contribution in [-0.2, 0) is 0 Å². The number of anilines is 3. The van der Waals surface area contributed by atoms with Crippen LogP contribution in [0, 0.1) is 18.6 Å². The van der Waals surface area contributed by atoms with E-state index >= 15 is 0 Å². The Kier molecular flexibility index (Phi) is 3.99. The van der Waals surface area contributed by atoms with E-state index in [1.807, 2.05) is 13.8 Å². The van der Waals surface area contributed by atoms with E-state index in [0.29, 0.717) is 17.2 Å². The monoisotopic (exact) mass is 344 g/mol. The zero-order valence-corrected chi connectivity index (χ0v) is 12.9. The van der Waals surface area contributed by atoms with Gasteiger partial charge in [0.25, 0.3) is 0 Å². The maximum Gasteiger partial charge on any atom is 0.152 e. The highest BCUT2D eigenvalue weighted by atomic mass is 79.9. The summed E-state index contributed by atoms with van der Waals surface area (Å²) in [5.74, 6) is -0.676. The van der Waals surface area contributed by atoms with Gasteiger partial charge < -0.3 is 11.1 Å². The first-order valence-electron chi connectivity index (χ1n) is 6.07. The Morgan fingerprint density at radius 1 is 1.30 bits per heavy atom. The summed E-state index contributed by atoms with van der Waals surface area (Å²) < 4.78 is 29.1. The molecule has 0 spiro atoms. The lowest BCUT2D eigenvalue weighted by atomic mass is 10.3. The second-order valence-electron chi connectivity index (χ2n) is 4.76. The van der Waals surface area contributed by atoms with Gasteiger partial charge in [0.15, 0.2) is 5.82 Å². The van der Waals surface area contributed by atoms with Crippen molar-refractivity contribution in [3.05, 3.63) is 33.9 Å². The Labute approximate surface area is 124 Å². The molecule has 0 aliphatic rings. The van der Waals surface area contributed by atoms with E-state index in [9.17, 15) is 8.78 Å². The normalized spacial score (nSPS) is 11.2. The van der Waals surface area contributed by atoms with Crippen molar-refractivity contribution in [2.24, 2.45) is 0 Å². The first-order valence-corrected chi connectivity index (χ1v) is 6.86. The Balaban J connectivity index is 2.47. The number of hydrogen-bond acceptors (Lipinski definition) is 3. The summed E-state index contributed by atoms with van der Waals surface area (Å²) in [7, 11) is 0. The Morgan fingerprint density at radius 2 is 1.95 bits per heavy atom. The van der Waals surface area contributed by atoms with Crippen molar-refractivity contribution >= 4 is 33.1 Å². The molecule has 0 bridgehead atoms. The molecule has 0 saturated carbocycles. The minimum absolute atomic E-state index is 0.0131. The summed E-state index contributed by atoms with van der Waals surface area (Å²) in [5, 5.41) is 7.10. The van der Waals surface area contributed by atoms with Gasteiger partial charge in [-0.15, -0.1) is 0 Å². The quantitative estimate of drug-likeness (QED) is 0.822. The van der Waals surface area contributed by atoms with Crippen LogP contribution in [0.5, 0.6) is 0 Å². The third kappa shape index (κ3) is 2.63. The topological polar surface area (TPSA) is 55.9 Å². The molecule has 0 amide bonds. The van der Waals surface area contributed by atoms with Gasteiger partial charge in [0, 0.05) is 12.1 Å². The number of nitrogen functional groups attached to an aromatic ring is 1. The molecular weight excluding hydrogens is 330 g/mol. The van der Waals surface area contributed by atoms with Crippen LogP contribution >= 0.6 is 15.9 Å². The average molecular weight is 345 g/mol. The Morgan fingerprint density at radius 3 is 2.55 bits per heavy atom. The number of benzene rings is 1. The van der Waals surface area contributed by atoms with Crippen LogP contribution in [0.25, 0.3) is 0 Å². The van der Waals surface area contributed by atoms with E-state index in [0.717, 1.165) is 12.1 Å². The molecule has 0 atom stereocenters. The highest BCUT2D eigenvalue weighted by molar-refractivity contribution is 9.10. The maximum atomic E-state index is 13.9. The summed E-state index contributed by atoms with van der Waals surface area (Å²) in [6, 6.07) is 2.18. The Hall–Kier alpha value is -1.63. The molecule has 3 N–H and O–H groups in total. The average Bonchev–Trinajstić information content (AvgIpc) is 2.64. The smallest absolute Gasteiger partial charge is 0.152 e. The molecule has 2 rings (SSSR count). The minimum Gasteiger partial charge on any atom is -0.394 e. The fourth-order valence-electron chi connectivity index (χ4n) is 1.80. The third-order valence-electron chi connectivity index (χ3n) is 2.88. The van der Waals surface area contributed by atoms with E-state index in [4.69, 9.17) is 5.73 Å². The number of aryl methyl sites for hydroxylation is 1. The van der Waals surface area contributed by atoms with Gasteiger partial charge in [-0.2, -0.15) is 5.10 Å². The van der Waals surface area contributed by atoms with E-state index in [2.05, 4.69) is 26.3 Å². The summed E-state index contributed by atoms with van der Waals surface area (Å²) in [6.45, 7) is 5.61. The van der Waals surface area contributed by atoms with Crippen LogP contribution in [0.15, 0.2) is 16.6 Å². The van der Waals surface area contributed by atoms with Crippen molar-refractivity contribution in [3.8, 4) is 0 Å². The SMILES string of the molecule is Cc1nn(C(C)C)c(Nc2cc(F)c(Br)cc2F)c1N. The van der Waals surface area contributed by atoms with E-state index < -0.39 is 11.6 Å². The van der Waals surface area contributed by atoms with Gasteiger partial charge in [0.2, 0.25) is 0 Å². The molecule has 1 heterocycles. The van der Waals surface area contributed by atoms with E-state index in [-0.39, 0.29) is 16.2 Å². The highest BCUT2D eigenvalue weighted by Crippen LogP contribution is 2.31. The first kappa shape index (κ1) is 14.8. The lowest BCUT2D eigenvalue weighted by Gasteiger charge is -2.14. The molecule has 0 fully saturated rings. The molecule has 0 aliphatic heterocycles. The molecule has 7 heteroatoms. The molecular formula is C13H15BrF2N4. The van der Waals surface area contributed by atoms with Gasteiger partial charge in [-0.05, 0) is 42.8 Å². The highest BCUT2D eigenvalue weighted by Gasteiger charge is 2.17. The van der Waals surface area contributed by atoms with Gasteiger partial charge in [0.05, 0.1) is 21.5 Å². The number of hydrogen-bond donors (Lipinski definition) is 2. The van der Waals surface area contributed by atoms with Crippen molar-refractivity contribution in [2.75, 3.05) is 11.1 Å². The van der Waals surface area contributed by atoms with Crippen molar-refractivity contribution in [3.63, 3.8) is 0 Å². The molecule has 1 aromatic heterocycles. The van der Waals surface area contributed by atoms with Gasteiger partial charge in [0.1, 0.15) is 11.6 Å². The van der Waals surface area contributed by atoms with Crippen LogP contribution in [0.4, 0.5) is 26.0 Å². The number of rotatable bonds is 3. The van der Waals surface area contributed by atoms with E-state index in [1.54, 1.807) is 11.6 Å². The van der Waals surface area contributed by atoms with E-state index in [1.165, 1.54) is 0 Å². The zero-order chi connectivity index (χ0) is 15.0. The number of halogens is 3. The van der Waals surface area contributed by atoms with Gasteiger partial charge in [-0.25, -0.2) is 13.5 Å². The summed E-state index contributed by atoms with van der Waals surface area (Å²) in [6.07, 6.45) is 0. The zero-order valence-electron chi connectivity index (χ0n) is 11.3. The molecule has 0 saturated heterocycles.